The lowest BCUT2D eigenvalue weighted by Crippen LogP contribution is -2.47. The Morgan fingerprint density at radius 3 is 2.71 bits per heavy atom. The van der Waals surface area contributed by atoms with Crippen LogP contribution in [0.3, 0.4) is 0 Å². The second-order valence-corrected chi connectivity index (χ2v) is 7.58. The molecule has 3 atom stereocenters. The van der Waals surface area contributed by atoms with Gasteiger partial charge in [0.1, 0.15) is 0 Å². The van der Waals surface area contributed by atoms with Gasteiger partial charge < -0.3 is 10.8 Å². The Balaban J connectivity index is 2.15. The van der Waals surface area contributed by atoms with Crippen LogP contribution < -0.4 is 5.73 Å². The zero-order valence-electron chi connectivity index (χ0n) is 10.0. The largest absolute Gasteiger partial charge is 0.392 e. The molecule has 3 unspecified atom stereocenters. The summed E-state index contributed by atoms with van der Waals surface area (Å²) in [7, 11) is -3.01. The molecule has 2 rings (SSSR count). The van der Waals surface area contributed by atoms with E-state index in [9.17, 15) is 13.5 Å². The first-order chi connectivity index (χ1) is 7.99. The van der Waals surface area contributed by atoms with Gasteiger partial charge in [0.15, 0.2) is 9.84 Å². The van der Waals surface area contributed by atoms with E-state index in [4.69, 9.17) is 5.73 Å². The summed E-state index contributed by atoms with van der Waals surface area (Å²) in [6.07, 6.45) is 6.84. The number of aliphatic hydroxyl groups is 1. The third-order valence-corrected chi connectivity index (χ3v) is 6.05. The van der Waals surface area contributed by atoms with Gasteiger partial charge in [-0.2, -0.15) is 0 Å². The number of hydrogen-bond donors (Lipinski definition) is 2. The molecule has 1 fully saturated rings. The van der Waals surface area contributed by atoms with Crippen LogP contribution in [-0.4, -0.2) is 37.7 Å². The van der Waals surface area contributed by atoms with E-state index >= 15 is 0 Å². The Kier molecular flexibility index (Phi) is 3.61. The van der Waals surface area contributed by atoms with E-state index in [0.717, 1.165) is 19.3 Å². The molecule has 3 N–H and O–H groups in total. The second-order valence-electron chi connectivity index (χ2n) is 5.40. The first-order valence-corrected chi connectivity index (χ1v) is 8.05. The maximum Gasteiger partial charge on any atom is 0.151 e. The Morgan fingerprint density at radius 1 is 1.47 bits per heavy atom. The molecule has 98 valence electrons. The van der Waals surface area contributed by atoms with Crippen LogP contribution >= 0.6 is 0 Å². The molecule has 0 saturated carbocycles. The van der Waals surface area contributed by atoms with Crippen molar-refractivity contribution in [1.82, 2.24) is 0 Å². The van der Waals surface area contributed by atoms with Gasteiger partial charge in [-0.25, -0.2) is 8.42 Å². The molecule has 0 aromatic rings. The fourth-order valence-corrected chi connectivity index (χ4v) is 5.23. The van der Waals surface area contributed by atoms with Crippen LogP contribution in [0.15, 0.2) is 12.2 Å². The van der Waals surface area contributed by atoms with Crippen molar-refractivity contribution < 1.29 is 13.5 Å². The van der Waals surface area contributed by atoms with E-state index in [-0.39, 0.29) is 24.0 Å². The molecule has 0 aromatic heterocycles. The standard InChI is InChI=1S/C12H21NO3S/c13-8-12(6-7-17(15,16)9-12)11(14)10-4-2-1-3-5-10/h1-2,10-11,14H,3-9,13H2. The molecule has 2 aliphatic rings. The van der Waals surface area contributed by atoms with Crippen LogP contribution in [0.25, 0.3) is 0 Å². The van der Waals surface area contributed by atoms with Crippen LogP contribution in [0.4, 0.5) is 0 Å². The van der Waals surface area contributed by atoms with Crippen molar-refractivity contribution in [2.75, 3.05) is 18.1 Å². The lowest BCUT2D eigenvalue weighted by molar-refractivity contribution is -0.00332. The summed E-state index contributed by atoms with van der Waals surface area (Å²) in [4.78, 5) is 0. The Bertz CT molecular complexity index is 404. The zero-order chi connectivity index (χ0) is 12.5. The Hall–Kier alpha value is -0.390. The molecule has 0 aromatic carbocycles. The average molecular weight is 259 g/mol. The van der Waals surface area contributed by atoms with Gasteiger partial charge in [0, 0.05) is 12.0 Å². The number of rotatable bonds is 3. The summed E-state index contributed by atoms with van der Waals surface area (Å²) in [5.74, 6) is 0.388. The molecule has 1 saturated heterocycles. The number of sulfone groups is 1. The van der Waals surface area contributed by atoms with E-state index in [1.807, 2.05) is 0 Å². The molecule has 0 amide bonds. The Labute approximate surface area is 103 Å². The fourth-order valence-electron chi connectivity index (χ4n) is 3.06. The van der Waals surface area contributed by atoms with Gasteiger partial charge in [-0.1, -0.05) is 12.2 Å². The van der Waals surface area contributed by atoms with E-state index in [2.05, 4.69) is 12.2 Å². The predicted molar refractivity (Wildman–Crippen MR) is 67.2 cm³/mol. The summed E-state index contributed by atoms with van der Waals surface area (Å²) in [6.45, 7) is 0.258. The van der Waals surface area contributed by atoms with Crippen molar-refractivity contribution in [2.45, 2.75) is 31.8 Å². The topological polar surface area (TPSA) is 80.4 Å². The monoisotopic (exact) mass is 259 g/mol. The average Bonchev–Trinajstić information content (AvgIpc) is 2.66. The number of nitrogens with two attached hydrogens (primary N) is 1. The highest BCUT2D eigenvalue weighted by atomic mass is 32.2. The number of allylic oxidation sites excluding steroid dienone is 2. The highest BCUT2D eigenvalue weighted by molar-refractivity contribution is 7.91. The fraction of sp³-hybridized carbons (Fsp3) is 0.833. The summed E-state index contributed by atoms with van der Waals surface area (Å²) < 4.78 is 23.2. The van der Waals surface area contributed by atoms with Crippen molar-refractivity contribution in [1.29, 1.82) is 0 Å². The molecular formula is C12H21NO3S. The maximum atomic E-state index is 11.6. The summed E-state index contributed by atoms with van der Waals surface area (Å²) in [6, 6.07) is 0. The van der Waals surface area contributed by atoms with Gasteiger partial charge in [-0.05, 0) is 31.6 Å². The molecular weight excluding hydrogens is 238 g/mol. The molecule has 1 heterocycles. The molecule has 5 heteroatoms. The van der Waals surface area contributed by atoms with Gasteiger partial charge in [-0.3, -0.25) is 0 Å². The summed E-state index contributed by atoms with van der Waals surface area (Å²) in [5, 5.41) is 10.5. The predicted octanol–water partition coefficient (Wildman–Crippen LogP) is 0.467. The second kappa shape index (κ2) is 4.71. The molecule has 1 aliphatic carbocycles. The van der Waals surface area contributed by atoms with Gasteiger partial charge in [-0.15, -0.1) is 0 Å². The first-order valence-electron chi connectivity index (χ1n) is 6.23. The molecule has 0 spiro atoms. The molecule has 17 heavy (non-hydrogen) atoms. The van der Waals surface area contributed by atoms with Crippen LogP contribution in [0.2, 0.25) is 0 Å². The number of aliphatic hydroxyl groups excluding tert-OH is 1. The van der Waals surface area contributed by atoms with Crippen molar-refractivity contribution >= 4 is 9.84 Å². The SMILES string of the molecule is NCC1(C(O)C2CC=CCC2)CCS(=O)(=O)C1. The van der Waals surface area contributed by atoms with Gasteiger partial charge in [0.2, 0.25) is 0 Å². The minimum atomic E-state index is -3.01. The van der Waals surface area contributed by atoms with Gasteiger partial charge in [0.25, 0.3) is 0 Å². The number of hydrogen-bond acceptors (Lipinski definition) is 4. The Morgan fingerprint density at radius 2 is 2.24 bits per heavy atom. The van der Waals surface area contributed by atoms with Gasteiger partial charge >= 0.3 is 0 Å². The quantitative estimate of drug-likeness (QED) is 0.722. The molecule has 0 bridgehead atoms. The van der Waals surface area contributed by atoms with E-state index in [0.29, 0.717) is 6.42 Å². The third kappa shape index (κ3) is 2.56. The van der Waals surface area contributed by atoms with Crippen LogP contribution in [0, 0.1) is 11.3 Å². The minimum absolute atomic E-state index is 0.0535. The van der Waals surface area contributed by atoms with E-state index in [1.54, 1.807) is 0 Å². The smallest absolute Gasteiger partial charge is 0.151 e. The summed E-state index contributed by atoms with van der Waals surface area (Å²) in [5.41, 5.74) is 5.15. The van der Waals surface area contributed by atoms with Gasteiger partial charge in [0.05, 0.1) is 17.6 Å². The van der Waals surface area contributed by atoms with Crippen LogP contribution in [-0.2, 0) is 9.84 Å². The van der Waals surface area contributed by atoms with E-state index in [1.165, 1.54) is 0 Å². The van der Waals surface area contributed by atoms with Crippen molar-refractivity contribution in [3.8, 4) is 0 Å². The van der Waals surface area contributed by atoms with Crippen molar-refractivity contribution in [2.24, 2.45) is 17.1 Å². The molecule has 4 nitrogen and oxygen atoms in total. The minimum Gasteiger partial charge on any atom is -0.392 e. The first kappa shape index (κ1) is 13.1. The highest BCUT2D eigenvalue weighted by Gasteiger charge is 2.48. The van der Waals surface area contributed by atoms with E-state index < -0.39 is 21.4 Å². The van der Waals surface area contributed by atoms with Crippen molar-refractivity contribution in [3.05, 3.63) is 12.2 Å². The third-order valence-electron chi connectivity index (χ3n) is 4.21. The van der Waals surface area contributed by atoms with Crippen LogP contribution in [0.5, 0.6) is 0 Å². The highest BCUT2D eigenvalue weighted by Crippen LogP contribution is 2.40. The maximum absolute atomic E-state index is 11.6. The normalized spacial score (nSPS) is 38.1. The van der Waals surface area contributed by atoms with Crippen molar-refractivity contribution in [3.63, 3.8) is 0 Å². The zero-order valence-corrected chi connectivity index (χ0v) is 10.8. The molecule has 0 radical (unpaired) electrons. The molecule has 1 aliphatic heterocycles. The lowest BCUT2D eigenvalue weighted by atomic mass is 9.72. The lowest BCUT2D eigenvalue weighted by Gasteiger charge is -2.37. The van der Waals surface area contributed by atoms with Crippen LogP contribution in [0.1, 0.15) is 25.7 Å². The summed E-state index contributed by atoms with van der Waals surface area (Å²) >= 11 is 0.